The van der Waals surface area contributed by atoms with E-state index in [2.05, 4.69) is 20.3 Å². The number of rotatable bonds is 6. The van der Waals surface area contributed by atoms with Crippen LogP contribution in [-0.4, -0.2) is 63.9 Å². The van der Waals surface area contributed by atoms with Gasteiger partial charge in [-0.25, -0.2) is 14.4 Å². The van der Waals surface area contributed by atoms with Crippen LogP contribution in [0.2, 0.25) is 0 Å². The summed E-state index contributed by atoms with van der Waals surface area (Å²) in [6, 6.07) is 14.1. The van der Waals surface area contributed by atoms with E-state index in [1.807, 2.05) is 35.4 Å². The van der Waals surface area contributed by atoms with Crippen LogP contribution in [0.5, 0.6) is 0 Å². The monoisotopic (exact) mass is 472 g/mol. The summed E-state index contributed by atoms with van der Waals surface area (Å²) in [5, 5.41) is 3.90. The highest BCUT2D eigenvalue weighted by Crippen LogP contribution is 2.20. The highest BCUT2D eigenvalue weighted by atomic mass is 19.1. The third-order valence-corrected chi connectivity index (χ3v) is 6.24. The van der Waals surface area contributed by atoms with Gasteiger partial charge in [0.1, 0.15) is 11.9 Å². The molecule has 0 aliphatic carbocycles. The second kappa shape index (κ2) is 9.92. The van der Waals surface area contributed by atoms with E-state index in [1.165, 1.54) is 24.3 Å². The van der Waals surface area contributed by atoms with Crippen LogP contribution in [0, 0.1) is 5.82 Å². The summed E-state index contributed by atoms with van der Waals surface area (Å²) in [6.45, 7) is 2.19. The van der Waals surface area contributed by atoms with Crippen LogP contribution in [-0.2, 0) is 11.2 Å². The van der Waals surface area contributed by atoms with Crippen molar-refractivity contribution in [1.82, 2.24) is 25.2 Å². The first-order valence-electron chi connectivity index (χ1n) is 11.5. The highest BCUT2D eigenvalue weighted by Gasteiger charge is 2.30. The molecule has 9 heteroatoms. The number of para-hydroxylation sites is 1. The highest BCUT2D eigenvalue weighted by molar-refractivity contribution is 5.98. The number of nitrogens with zero attached hydrogens (tertiary/aromatic N) is 4. The van der Waals surface area contributed by atoms with Crippen LogP contribution in [0.3, 0.4) is 0 Å². The first kappa shape index (κ1) is 22.5. The number of amides is 2. The van der Waals surface area contributed by atoms with Gasteiger partial charge in [0, 0.05) is 67.7 Å². The molecular weight excluding hydrogens is 447 g/mol. The van der Waals surface area contributed by atoms with E-state index < -0.39 is 17.8 Å². The molecule has 1 unspecified atom stereocenters. The lowest BCUT2D eigenvalue weighted by Gasteiger charge is -2.36. The smallest absolute Gasteiger partial charge is 0.251 e. The number of H-pyrrole nitrogens is 1. The summed E-state index contributed by atoms with van der Waals surface area (Å²) in [6.07, 6.45) is 5.60. The van der Waals surface area contributed by atoms with E-state index in [0.29, 0.717) is 44.1 Å². The van der Waals surface area contributed by atoms with Crippen molar-refractivity contribution in [3.8, 4) is 0 Å². The van der Waals surface area contributed by atoms with E-state index in [-0.39, 0.29) is 5.91 Å². The molecule has 178 valence electrons. The van der Waals surface area contributed by atoms with Crippen LogP contribution < -0.4 is 10.2 Å². The SMILES string of the molecule is O=C(NC(Cc1c[nH]c2ccccc12)C(=O)N1CCN(c2ncccn2)CC1)c1ccc(F)cc1. The number of carbonyl (C=O) groups excluding carboxylic acids is 2. The molecule has 2 N–H and O–H groups in total. The van der Waals surface area contributed by atoms with E-state index in [0.717, 1.165) is 16.5 Å². The van der Waals surface area contributed by atoms with Crippen molar-refractivity contribution in [3.63, 3.8) is 0 Å². The molecule has 8 nitrogen and oxygen atoms in total. The molecule has 1 atom stereocenters. The largest absolute Gasteiger partial charge is 0.361 e. The Kier molecular flexibility index (Phi) is 6.38. The molecule has 5 rings (SSSR count). The predicted octanol–water partition coefficient (Wildman–Crippen LogP) is 2.79. The quantitative estimate of drug-likeness (QED) is 0.450. The molecule has 1 aliphatic rings. The van der Waals surface area contributed by atoms with Crippen molar-refractivity contribution in [2.45, 2.75) is 12.5 Å². The Balaban J connectivity index is 1.34. The molecule has 0 bridgehead atoms. The number of fused-ring (bicyclic) bond motifs is 1. The summed E-state index contributed by atoms with van der Waals surface area (Å²) in [4.78, 5) is 42.2. The molecule has 3 heterocycles. The minimum atomic E-state index is -0.772. The number of carbonyl (C=O) groups is 2. The lowest BCUT2D eigenvalue weighted by molar-refractivity contribution is -0.133. The minimum Gasteiger partial charge on any atom is -0.361 e. The van der Waals surface area contributed by atoms with Crippen LogP contribution in [0.25, 0.3) is 10.9 Å². The zero-order chi connectivity index (χ0) is 24.2. The van der Waals surface area contributed by atoms with E-state index >= 15 is 0 Å². The van der Waals surface area contributed by atoms with Crippen LogP contribution in [0.1, 0.15) is 15.9 Å². The molecule has 0 spiro atoms. The fourth-order valence-electron chi connectivity index (χ4n) is 4.37. The molecule has 35 heavy (non-hydrogen) atoms. The van der Waals surface area contributed by atoms with E-state index in [4.69, 9.17) is 0 Å². The molecular formula is C26H25FN6O2. The van der Waals surface area contributed by atoms with Gasteiger partial charge in [0.25, 0.3) is 5.91 Å². The van der Waals surface area contributed by atoms with Crippen LogP contribution >= 0.6 is 0 Å². The first-order chi connectivity index (χ1) is 17.1. The van der Waals surface area contributed by atoms with Gasteiger partial charge in [-0.05, 0) is 42.0 Å². The number of halogens is 1. The van der Waals surface area contributed by atoms with Gasteiger partial charge < -0.3 is 20.1 Å². The Hall–Kier alpha value is -4.27. The molecule has 0 saturated carbocycles. The second-order valence-electron chi connectivity index (χ2n) is 8.46. The summed E-state index contributed by atoms with van der Waals surface area (Å²) >= 11 is 0. The maximum absolute atomic E-state index is 13.6. The lowest BCUT2D eigenvalue weighted by atomic mass is 10.0. The van der Waals surface area contributed by atoms with Gasteiger partial charge in [0.05, 0.1) is 0 Å². The molecule has 1 fully saturated rings. The summed E-state index contributed by atoms with van der Waals surface area (Å²) in [5.74, 6) is -0.355. The molecule has 4 aromatic rings. The fourth-order valence-corrected chi connectivity index (χ4v) is 4.37. The predicted molar refractivity (Wildman–Crippen MR) is 130 cm³/mol. The topological polar surface area (TPSA) is 94.2 Å². The Morgan fingerprint density at radius 1 is 0.971 bits per heavy atom. The van der Waals surface area contributed by atoms with Gasteiger partial charge >= 0.3 is 0 Å². The number of piperazine rings is 1. The van der Waals surface area contributed by atoms with Crippen molar-refractivity contribution >= 4 is 28.7 Å². The number of aromatic amines is 1. The average Bonchev–Trinajstić information content (AvgIpc) is 3.31. The van der Waals surface area contributed by atoms with Gasteiger partial charge in [-0.3, -0.25) is 9.59 Å². The number of nitrogens with one attached hydrogen (secondary N) is 2. The maximum Gasteiger partial charge on any atom is 0.251 e. The van der Waals surface area contributed by atoms with Crippen molar-refractivity contribution in [2.75, 3.05) is 31.1 Å². The molecule has 0 radical (unpaired) electrons. The molecule has 2 amide bonds. The average molecular weight is 473 g/mol. The van der Waals surface area contributed by atoms with Gasteiger partial charge in [0.15, 0.2) is 0 Å². The minimum absolute atomic E-state index is 0.153. The Labute approximate surface area is 201 Å². The van der Waals surface area contributed by atoms with E-state index in [1.54, 1.807) is 23.4 Å². The standard InChI is InChI=1S/C26H25FN6O2/c27-20-8-6-18(7-9-20)24(34)31-23(16-19-17-30-22-5-2-1-4-21(19)22)25(35)32-12-14-33(15-13-32)26-28-10-3-11-29-26/h1-11,17,23,30H,12-16H2,(H,31,34). The Morgan fingerprint density at radius 3 is 2.43 bits per heavy atom. The summed E-state index contributed by atoms with van der Waals surface area (Å²) in [7, 11) is 0. The van der Waals surface area contributed by atoms with Crippen LogP contribution in [0.15, 0.2) is 73.2 Å². The normalized spacial score (nSPS) is 14.7. The van der Waals surface area contributed by atoms with Crippen molar-refractivity contribution in [3.05, 3.63) is 90.1 Å². The number of anilines is 1. The second-order valence-corrected chi connectivity index (χ2v) is 8.46. The van der Waals surface area contributed by atoms with Gasteiger partial charge in [-0.2, -0.15) is 0 Å². The molecule has 1 saturated heterocycles. The van der Waals surface area contributed by atoms with Crippen molar-refractivity contribution in [2.24, 2.45) is 0 Å². The Bertz CT molecular complexity index is 1320. The first-order valence-corrected chi connectivity index (χ1v) is 11.5. The number of hydrogen-bond donors (Lipinski definition) is 2. The van der Waals surface area contributed by atoms with Gasteiger partial charge in [-0.15, -0.1) is 0 Å². The third kappa shape index (κ3) is 4.98. The fraction of sp³-hybridized carbons (Fsp3) is 0.231. The third-order valence-electron chi connectivity index (χ3n) is 6.24. The van der Waals surface area contributed by atoms with Crippen molar-refractivity contribution < 1.29 is 14.0 Å². The molecule has 2 aromatic carbocycles. The maximum atomic E-state index is 13.6. The van der Waals surface area contributed by atoms with Gasteiger partial charge in [-0.1, -0.05) is 18.2 Å². The number of hydrogen-bond acceptors (Lipinski definition) is 5. The summed E-state index contributed by atoms with van der Waals surface area (Å²) in [5.41, 5.74) is 2.21. The van der Waals surface area contributed by atoms with Crippen LogP contribution in [0.4, 0.5) is 10.3 Å². The molecule has 2 aromatic heterocycles. The van der Waals surface area contributed by atoms with Gasteiger partial charge in [0.2, 0.25) is 11.9 Å². The lowest BCUT2D eigenvalue weighted by Crippen LogP contribution is -2.55. The zero-order valence-corrected chi connectivity index (χ0v) is 19.0. The zero-order valence-electron chi connectivity index (χ0n) is 19.0. The number of benzene rings is 2. The Morgan fingerprint density at radius 2 is 1.69 bits per heavy atom. The number of aromatic nitrogens is 3. The summed E-state index contributed by atoms with van der Waals surface area (Å²) < 4.78 is 13.3. The molecule has 1 aliphatic heterocycles. The van der Waals surface area contributed by atoms with Crippen molar-refractivity contribution in [1.29, 1.82) is 0 Å². The van der Waals surface area contributed by atoms with E-state index in [9.17, 15) is 14.0 Å².